The summed E-state index contributed by atoms with van der Waals surface area (Å²) in [4.78, 5) is 12.7. The third-order valence-electron chi connectivity index (χ3n) is 4.50. The topological polar surface area (TPSA) is 93.7 Å². The molecule has 31 heavy (non-hydrogen) atoms. The lowest BCUT2D eigenvalue weighted by Gasteiger charge is -2.14. The van der Waals surface area contributed by atoms with Crippen LogP contribution in [-0.4, -0.2) is 28.5 Å². The van der Waals surface area contributed by atoms with Crippen molar-refractivity contribution in [2.75, 3.05) is 24.3 Å². The van der Waals surface area contributed by atoms with Crippen molar-refractivity contribution in [1.82, 2.24) is 0 Å². The number of anilines is 2. The van der Waals surface area contributed by atoms with E-state index in [1.165, 1.54) is 38.5 Å². The summed E-state index contributed by atoms with van der Waals surface area (Å²) in [5.74, 6) is 0.656. The van der Waals surface area contributed by atoms with Gasteiger partial charge in [0, 0.05) is 28.0 Å². The highest BCUT2D eigenvalue weighted by Crippen LogP contribution is 2.33. The Morgan fingerprint density at radius 3 is 2.06 bits per heavy atom. The van der Waals surface area contributed by atoms with E-state index in [4.69, 9.17) is 21.1 Å². The predicted octanol–water partition coefficient (Wildman–Crippen LogP) is 4.72. The second kappa shape index (κ2) is 9.28. The van der Waals surface area contributed by atoms with E-state index >= 15 is 0 Å². The van der Waals surface area contributed by atoms with Gasteiger partial charge in [-0.05, 0) is 67.1 Å². The van der Waals surface area contributed by atoms with Crippen LogP contribution >= 0.6 is 11.6 Å². The van der Waals surface area contributed by atoms with Gasteiger partial charge in [-0.15, -0.1) is 0 Å². The maximum Gasteiger partial charge on any atom is 0.261 e. The molecule has 2 N–H and O–H groups in total. The highest BCUT2D eigenvalue weighted by Gasteiger charge is 2.16. The molecule has 0 fully saturated rings. The average molecular weight is 461 g/mol. The number of halogens is 1. The van der Waals surface area contributed by atoms with E-state index in [9.17, 15) is 13.2 Å². The number of aryl methyl sites for hydroxylation is 1. The fraction of sp³-hybridized carbons (Fsp3) is 0.136. The molecule has 0 heterocycles. The van der Waals surface area contributed by atoms with E-state index in [2.05, 4.69) is 10.0 Å². The molecule has 3 rings (SSSR count). The van der Waals surface area contributed by atoms with E-state index in [-0.39, 0.29) is 10.8 Å². The number of nitrogens with one attached hydrogen (secondary N) is 2. The number of amides is 1. The van der Waals surface area contributed by atoms with Crippen LogP contribution in [0.5, 0.6) is 11.5 Å². The van der Waals surface area contributed by atoms with Crippen LogP contribution in [0.2, 0.25) is 5.02 Å². The van der Waals surface area contributed by atoms with Gasteiger partial charge in [0.1, 0.15) is 0 Å². The van der Waals surface area contributed by atoms with Crippen LogP contribution in [0.1, 0.15) is 15.9 Å². The minimum Gasteiger partial charge on any atom is -0.493 e. The van der Waals surface area contributed by atoms with Gasteiger partial charge in [0.15, 0.2) is 11.5 Å². The average Bonchev–Trinajstić information content (AvgIpc) is 2.76. The lowest BCUT2D eigenvalue weighted by atomic mass is 10.1. The highest BCUT2D eigenvalue weighted by atomic mass is 35.5. The van der Waals surface area contributed by atoms with E-state index in [0.29, 0.717) is 33.5 Å². The number of hydrogen-bond acceptors (Lipinski definition) is 5. The Hall–Kier alpha value is -3.23. The Balaban J connectivity index is 1.76. The molecule has 0 atom stereocenters. The quantitative estimate of drug-likeness (QED) is 0.532. The number of benzene rings is 3. The number of sulfonamides is 1. The standard InChI is InChI=1S/C22H21ClN2O5S/c1-14-12-20(29-2)21(30-3)13-19(14)24-22(26)15-4-10-18(11-5-15)31(27,28)25-17-8-6-16(23)7-9-17/h4-13,25H,1-3H3,(H,24,26). The maximum atomic E-state index is 12.6. The molecule has 0 bridgehead atoms. The summed E-state index contributed by atoms with van der Waals surface area (Å²) in [5, 5.41) is 3.31. The second-order valence-electron chi connectivity index (χ2n) is 6.61. The van der Waals surface area contributed by atoms with Crippen molar-refractivity contribution in [3.63, 3.8) is 0 Å². The number of carbonyl (C=O) groups is 1. The first-order valence-corrected chi connectivity index (χ1v) is 11.0. The van der Waals surface area contributed by atoms with Gasteiger partial charge in [-0.25, -0.2) is 8.42 Å². The van der Waals surface area contributed by atoms with Crippen LogP contribution < -0.4 is 19.5 Å². The Labute approximate surface area is 186 Å². The predicted molar refractivity (Wildman–Crippen MR) is 121 cm³/mol. The van der Waals surface area contributed by atoms with Crippen LogP contribution in [-0.2, 0) is 10.0 Å². The summed E-state index contributed by atoms with van der Waals surface area (Å²) in [6.45, 7) is 1.83. The van der Waals surface area contributed by atoms with Crippen molar-refractivity contribution < 1.29 is 22.7 Å². The zero-order valence-corrected chi connectivity index (χ0v) is 18.7. The normalized spacial score (nSPS) is 11.0. The fourth-order valence-electron chi connectivity index (χ4n) is 2.83. The fourth-order valence-corrected chi connectivity index (χ4v) is 4.01. The van der Waals surface area contributed by atoms with Crippen molar-refractivity contribution >= 4 is 38.9 Å². The van der Waals surface area contributed by atoms with Crippen molar-refractivity contribution in [3.05, 3.63) is 76.8 Å². The van der Waals surface area contributed by atoms with E-state index in [1.807, 2.05) is 6.92 Å². The highest BCUT2D eigenvalue weighted by molar-refractivity contribution is 7.92. The van der Waals surface area contributed by atoms with Gasteiger partial charge in [0.25, 0.3) is 15.9 Å². The summed E-state index contributed by atoms with van der Waals surface area (Å²) in [5.41, 5.74) is 2.04. The number of carbonyl (C=O) groups excluding carboxylic acids is 1. The minimum absolute atomic E-state index is 0.0290. The molecule has 162 valence electrons. The molecule has 0 aliphatic heterocycles. The smallest absolute Gasteiger partial charge is 0.261 e. The minimum atomic E-state index is -3.81. The van der Waals surface area contributed by atoms with Crippen LogP contribution in [0.3, 0.4) is 0 Å². The van der Waals surface area contributed by atoms with Crippen molar-refractivity contribution in [2.24, 2.45) is 0 Å². The number of hydrogen-bond donors (Lipinski definition) is 2. The molecule has 1 amide bonds. The third kappa shape index (κ3) is 5.28. The number of ether oxygens (including phenoxy) is 2. The van der Waals surface area contributed by atoms with Crippen LogP contribution in [0.25, 0.3) is 0 Å². The molecule has 3 aromatic rings. The zero-order valence-electron chi connectivity index (χ0n) is 17.1. The Kier molecular flexibility index (Phi) is 6.72. The molecular weight excluding hydrogens is 440 g/mol. The van der Waals surface area contributed by atoms with Crippen molar-refractivity contribution in [1.29, 1.82) is 0 Å². The molecule has 0 unspecified atom stereocenters. The van der Waals surface area contributed by atoms with Gasteiger partial charge in [-0.2, -0.15) is 0 Å². The Morgan fingerprint density at radius 2 is 1.48 bits per heavy atom. The molecule has 0 aromatic heterocycles. The zero-order chi connectivity index (χ0) is 22.6. The molecule has 0 radical (unpaired) electrons. The monoisotopic (exact) mass is 460 g/mol. The van der Waals surface area contributed by atoms with Crippen LogP contribution in [0.4, 0.5) is 11.4 Å². The first kappa shape index (κ1) is 22.5. The van der Waals surface area contributed by atoms with Gasteiger partial charge in [-0.3, -0.25) is 9.52 Å². The molecule has 9 heteroatoms. The van der Waals surface area contributed by atoms with Crippen LogP contribution in [0, 0.1) is 6.92 Å². The van der Waals surface area contributed by atoms with Crippen molar-refractivity contribution in [3.8, 4) is 11.5 Å². The summed E-state index contributed by atoms with van der Waals surface area (Å²) >= 11 is 5.82. The van der Waals surface area contributed by atoms with Gasteiger partial charge in [0.05, 0.1) is 19.1 Å². The van der Waals surface area contributed by atoms with E-state index < -0.39 is 10.0 Å². The summed E-state index contributed by atoms with van der Waals surface area (Å²) in [6.07, 6.45) is 0. The lowest BCUT2D eigenvalue weighted by molar-refractivity contribution is 0.102. The van der Waals surface area contributed by atoms with Gasteiger partial charge >= 0.3 is 0 Å². The lowest BCUT2D eigenvalue weighted by Crippen LogP contribution is -2.15. The summed E-state index contributed by atoms with van der Waals surface area (Å²) < 4.78 is 38.1. The Bertz CT molecular complexity index is 1190. The summed E-state index contributed by atoms with van der Waals surface area (Å²) in [6, 6.07) is 15.4. The molecule has 0 aliphatic carbocycles. The number of methoxy groups -OCH3 is 2. The van der Waals surface area contributed by atoms with Crippen LogP contribution in [0.15, 0.2) is 65.6 Å². The summed E-state index contributed by atoms with van der Waals surface area (Å²) in [7, 11) is -0.762. The second-order valence-corrected chi connectivity index (χ2v) is 8.73. The SMILES string of the molecule is COc1cc(C)c(NC(=O)c2ccc(S(=O)(=O)Nc3ccc(Cl)cc3)cc2)cc1OC. The molecular formula is C22H21ClN2O5S. The molecule has 7 nitrogen and oxygen atoms in total. The van der Waals surface area contributed by atoms with Gasteiger partial charge in [-0.1, -0.05) is 11.6 Å². The molecule has 0 saturated heterocycles. The maximum absolute atomic E-state index is 12.6. The Morgan fingerprint density at radius 1 is 0.903 bits per heavy atom. The van der Waals surface area contributed by atoms with E-state index in [1.54, 1.807) is 36.4 Å². The number of rotatable bonds is 7. The van der Waals surface area contributed by atoms with Gasteiger partial charge in [0.2, 0.25) is 0 Å². The first-order valence-electron chi connectivity index (χ1n) is 9.16. The van der Waals surface area contributed by atoms with Gasteiger partial charge < -0.3 is 14.8 Å². The van der Waals surface area contributed by atoms with E-state index in [0.717, 1.165) is 5.56 Å². The molecule has 0 spiro atoms. The molecule has 0 aliphatic rings. The third-order valence-corrected chi connectivity index (χ3v) is 6.15. The largest absolute Gasteiger partial charge is 0.493 e. The molecule has 3 aromatic carbocycles. The van der Waals surface area contributed by atoms with Crippen molar-refractivity contribution in [2.45, 2.75) is 11.8 Å². The first-order chi connectivity index (χ1) is 14.7. The molecule has 0 saturated carbocycles.